The van der Waals surface area contributed by atoms with Crippen LogP contribution in [0.5, 0.6) is 0 Å². The second-order valence-corrected chi connectivity index (χ2v) is 7.43. The lowest BCUT2D eigenvalue weighted by molar-refractivity contribution is -0.00473. The third-order valence-corrected chi connectivity index (χ3v) is 4.46. The molecule has 1 heteroatoms. The first-order valence-electron chi connectivity index (χ1n) is 8.94. The van der Waals surface area contributed by atoms with Gasteiger partial charge in [-0.1, -0.05) is 55.7 Å². The van der Waals surface area contributed by atoms with Crippen molar-refractivity contribution in [3.05, 3.63) is 41.0 Å². The Morgan fingerprint density at radius 1 is 1.00 bits per heavy atom. The Morgan fingerprint density at radius 2 is 1.73 bits per heavy atom. The molecule has 0 bridgehead atoms. The van der Waals surface area contributed by atoms with E-state index in [0.717, 1.165) is 6.61 Å². The van der Waals surface area contributed by atoms with E-state index in [9.17, 15) is 0 Å². The van der Waals surface area contributed by atoms with Crippen LogP contribution in [0.25, 0.3) is 6.08 Å². The lowest BCUT2D eigenvalue weighted by atomic mass is 9.90. The van der Waals surface area contributed by atoms with E-state index in [-0.39, 0.29) is 5.60 Å². The zero-order valence-corrected chi connectivity index (χ0v) is 14.8. The van der Waals surface area contributed by atoms with E-state index in [2.05, 4.69) is 58.0 Å². The Balaban J connectivity index is 1.68. The summed E-state index contributed by atoms with van der Waals surface area (Å²) in [7, 11) is 0. The van der Waals surface area contributed by atoms with Gasteiger partial charge >= 0.3 is 0 Å². The van der Waals surface area contributed by atoms with Gasteiger partial charge in [-0.25, -0.2) is 0 Å². The summed E-state index contributed by atoms with van der Waals surface area (Å²) >= 11 is 0. The molecule has 0 heterocycles. The topological polar surface area (TPSA) is 9.23 Å². The van der Waals surface area contributed by atoms with E-state index in [1.165, 1.54) is 44.1 Å². The predicted octanol–water partition coefficient (Wildman–Crippen LogP) is 6.34. The van der Waals surface area contributed by atoms with Crippen molar-refractivity contribution in [2.75, 3.05) is 6.61 Å². The van der Waals surface area contributed by atoms with Gasteiger partial charge < -0.3 is 4.74 Å². The minimum atomic E-state index is 0.00871. The summed E-state index contributed by atoms with van der Waals surface area (Å²) in [6.45, 7) is 9.59. The summed E-state index contributed by atoms with van der Waals surface area (Å²) in [4.78, 5) is 0. The average molecular weight is 300 g/mol. The first-order valence-corrected chi connectivity index (χ1v) is 8.94. The Morgan fingerprint density at radius 3 is 2.45 bits per heavy atom. The zero-order chi connectivity index (χ0) is 16.0. The number of hydrogen-bond donors (Lipinski definition) is 0. The van der Waals surface area contributed by atoms with Gasteiger partial charge in [0.15, 0.2) is 0 Å². The van der Waals surface area contributed by atoms with E-state index in [1.54, 1.807) is 11.1 Å². The van der Waals surface area contributed by atoms with Gasteiger partial charge in [-0.2, -0.15) is 0 Å². The maximum absolute atomic E-state index is 5.77. The summed E-state index contributed by atoms with van der Waals surface area (Å²) in [6, 6.07) is 8.89. The van der Waals surface area contributed by atoms with Crippen molar-refractivity contribution >= 4 is 6.08 Å². The van der Waals surface area contributed by atoms with E-state index < -0.39 is 0 Å². The molecule has 0 fully saturated rings. The normalized spacial score (nSPS) is 17.5. The van der Waals surface area contributed by atoms with Crippen LogP contribution in [-0.4, -0.2) is 12.2 Å². The fraction of sp³-hybridized carbons (Fsp3) is 0.619. The number of unbranched alkanes of at least 4 members (excludes halogenated alkanes) is 3. The molecular formula is C21H32O. The van der Waals surface area contributed by atoms with Gasteiger partial charge in [-0.3, -0.25) is 0 Å². The molecule has 1 aromatic rings. The molecule has 0 radical (unpaired) electrons. The van der Waals surface area contributed by atoms with Crippen LogP contribution < -0.4 is 0 Å². The maximum atomic E-state index is 5.77. The van der Waals surface area contributed by atoms with Crippen LogP contribution in [0.15, 0.2) is 29.8 Å². The van der Waals surface area contributed by atoms with Gasteiger partial charge in [0.05, 0.1) is 5.60 Å². The van der Waals surface area contributed by atoms with Gasteiger partial charge in [-0.05, 0) is 57.6 Å². The fourth-order valence-electron chi connectivity index (χ4n) is 3.35. The standard InChI is InChI=1S/C21H32O/c1-5-19-17(16-18-13-9-10-14-20(18)19)12-8-6-7-11-15-22-21(2,3)4/h9-10,13-14,16,19H,5-8,11-12,15H2,1-4H3. The molecular weight excluding hydrogens is 268 g/mol. The Bertz CT molecular complexity index is 493. The van der Waals surface area contributed by atoms with Crippen molar-refractivity contribution in [2.45, 2.75) is 77.7 Å². The number of benzene rings is 1. The van der Waals surface area contributed by atoms with Crippen molar-refractivity contribution in [3.8, 4) is 0 Å². The van der Waals surface area contributed by atoms with Crippen molar-refractivity contribution in [2.24, 2.45) is 0 Å². The second kappa shape index (κ2) is 7.97. The highest BCUT2D eigenvalue weighted by atomic mass is 16.5. The molecule has 1 aromatic carbocycles. The molecule has 0 aliphatic heterocycles. The van der Waals surface area contributed by atoms with E-state index in [0.29, 0.717) is 5.92 Å². The fourth-order valence-corrected chi connectivity index (χ4v) is 3.35. The number of hydrogen-bond acceptors (Lipinski definition) is 1. The highest BCUT2D eigenvalue weighted by Crippen LogP contribution is 2.40. The highest BCUT2D eigenvalue weighted by molar-refractivity contribution is 5.66. The average Bonchev–Trinajstić information content (AvgIpc) is 2.82. The Kier molecular flexibility index (Phi) is 6.26. The number of allylic oxidation sites excluding steroid dienone is 1. The third kappa shape index (κ3) is 4.98. The first-order chi connectivity index (χ1) is 10.5. The van der Waals surface area contributed by atoms with Crippen LogP contribution in [0.3, 0.4) is 0 Å². The highest BCUT2D eigenvalue weighted by Gasteiger charge is 2.22. The molecule has 1 nitrogen and oxygen atoms in total. The van der Waals surface area contributed by atoms with Crippen LogP contribution in [0.2, 0.25) is 0 Å². The molecule has 0 amide bonds. The van der Waals surface area contributed by atoms with E-state index in [1.807, 2.05) is 0 Å². The molecule has 0 aromatic heterocycles. The molecule has 0 saturated carbocycles. The van der Waals surface area contributed by atoms with Crippen molar-refractivity contribution < 1.29 is 4.74 Å². The molecule has 1 unspecified atom stereocenters. The smallest absolute Gasteiger partial charge is 0.0598 e. The second-order valence-electron chi connectivity index (χ2n) is 7.43. The molecule has 0 spiro atoms. The van der Waals surface area contributed by atoms with Crippen LogP contribution in [0.4, 0.5) is 0 Å². The summed E-state index contributed by atoms with van der Waals surface area (Å²) in [5.41, 5.74) is 4.64. The lowest BCUT2D eigenvalue weighted by Crippen LogP contribution is -2.19. The number of ether oxygens (including phenoxy) is 1. The van der Waals surface area contributed by atoms with Crippen LogP contribution in [-0.2, 0) is 4.74 Å². The Labute approximate surface area is 136 Å². The molecule has 0 saturated heterocycles. The van der Waals surface area contributed by atoms with Gasteiger partial charge in [0.2, 0.25) is 0 Å². The van der Waals surface area contributed by atoms with Gasteiger partial charge in [0.25, 0.3) is 0 Å². The summed E-state index contributed by atoms with van der Waals surface area (Å²) < 4.78 is 5.77. The minimum absolute atomic E-state index is 0.00871. The SMILES string of the molecule is CCC1C(CCCCCCOC(C)(C)C)=Cc2ccccc21. The number of fused-ring (bicyclic) bond motifs is 1. The van der Waals surface area contributed by atoms with E-state index >= 15 is 0 Å². The molecule has 122 valence electrons. The van der Waals surface area contributed by atoms with Gasteiger partial charge in [0, 0.05) is 12.5 Å². The summed E-state index contributed by atoms with van der Waals surface area (Å²) in [6.07, 6.45) is 10.0. The van der Waals surface area contributed by atoms with Crippen LogP contribution in [0.1, 0.15) is 83.3 Å². The van der Waals surface area contributed by atoms with Crippen molar-refractivity contribution in [3.63, 3.8) is 0 Å². The Hall–Kier alpha value is -1.08. The molecule has 2 rings (SSSR count). The van der Waals surface area contributed by atoms with Crippen LogP contribution in [0, 0.1) is 0 Å². The third-order valence-electron chi connectivity index (χ3n) is 4.46. The number of rotatable bonds is 8. The van der Waals surface area contributed by atoms with Gasteiger partial charge in [-0.15, -0.1) is 0 Å². The lowest BCUT2D eigenvalue weighted by Gasteiger charge is -2.19. The van der Waals surface area contributed by atoms with Crippen molar-refractivity contribution in [1.82, 2.24) is 0 Å². The summed E-state index contributed by atoms with van der Waals surface area (Å²) in [5, 5.41) is 0. The van der Waals surface area contributed by atoms with Crippen molar-refractivity contribution in [1.29, 1.82) is 0 Å². The largest absolute Gasteiger partial charge is 0.376 e. The molecule has 22 heavy (non-hydrogen) atoms. The van der Waals surface area contributed by atoms with E-state index in [4.69, 9.17) is 4.74 Å². The van der Waals surface area contributed by atoms with Crippen LogP contribution >= 0.6 is 0 Å². The van der Waals surface area contributed by atoms with Gasteiger partial charge in [0.1, 0.15) is 0 Å². The molecule has 1 aliphatic rings. The first kappa shape index (κ1) is 17.3. The maximum Gasteiger partial charge on any atom is 0.0598 e. The molecule has 0 N–H and O–H groups in total. The molecule has 1 aliphatic carbocycles. The quantitative estimate of drug-likeness (QED) is 0.509. The monoisotopic (exact) mass is 300 g/mol. The predicted molar refractivity (Wildman–Crippen MR) is 96.2 cm³/mol. The zero-order valence-electron chi connectivity index (χ0n) is 14.8. The summed E-state index contributed by atoms with van der Waals surface area (Å²) in [5.74, 6) is 0.667. The minimum Gasteiger partial charge on any atom is -0.376 e. The molecule has 1 atom stereocenters.